The third-order valence-corrected chi connectivity index (χ3v) is 2.82. The van der Waals surface area contributed by atoms with Gasteiger partial charge in [0.1, 0.15) is 0 Å². The molecule has 3 heteroatoms. The highest BCUT2D eigenvalue weighted by molar-refractivity contribution is 9.10. The molecule has 1 aromatic rings. The van der Waals surface area contributed by atoms with Crippen molar-refractivity contribution in [1.29, 1.82) is 0 Å². The van der Waals surface area contributed by atoms with Gasteiger partial charge >= 0.3 is 0 Å². The molecule has 2 nitrogen and oxygen atoms in total. The van der Waals surface area contributed by atoms with Crippen molar-refractivity contribution >= 4 is 15.9 Å². The van der Waals surface area contributed by atoms with Crippen LogP contribution in [0.5, 0.6) is 11.5 Å². The Balaban J connectivity index is 3.23. The van der Waals surface area contributed by atoms with E-state index in [0.29, 0.717) is 0 Å². The number of methoxy groups -OCH3 is 2. The summed E-state index contributed by atoms with van der Waals surface area (Å²) in [5, 5.41) is 0. The van der Waals surface area contributed by atoms with E-state index >= 15 is 0 Å². The van der Waals surface area contributed by atoms with Crippen molar-refractivity contribution < 1.29 is 9.47 Å². The van der Waals surface area contributed by atoms with Gasteiger partial charge in [0.15, 0.2) is 11.5 Å². The van der Waals surface area contributed by atoms with Gasteiger partial charge < -0.3 is 9.47 Å². The molecule has 0 aliphatic rings. The zero-order chi connectivity index (χ0) is 9.84. The van der Waals surface area contributed by atoms with Crippen LogP contribution < -0.4 is 9.47 Å². The van der Waals surface area contributed by atoms with Gasteiger partial charge in [-0.25, -0.2) is 0 Å². The van der Waals surface area contributed by atoms with Gasteiger partial charge in [-0.3, -0.25) is 0 Å². The molecule has 0 aliphatic carbocycles. The van der Waals surface area contributed by atoms with E-state index in [0.717, 1.165) is 22.4 Å². The van der Waals surface area contributed by atoms with Crippen LogP contribution in [0.3, 0.4) is 0 Å². The lowest BCUT2D eigenvalue weighted by Gasteiger charge is -2.11. The number of benzene rings is 1. The summed E-state index contributed by atoms with van der Waals surface area (Å²) in [6.07, 6.45) is 0.973. The summed E-state index contributed by atoms with van der Waals surface area (Å²) >= 11 is 3.49. The molecule has 0 saturated carbocycles. The maximum absolute atomic E-state index is 5.24. The van der Waals surface area contributed by atoms with E-state index in [-0.39, 0.29) is 0 Å². The van der Waals surface area contributed by atoms with Gasteiger partial charge in [0.25, 0.3) is 0 Å². The Morgan fingerprint density at radius 3 is 2.38 bits per heavy atom. The van der Waals surface area contributed by atoms with Crippen LogP contribution in [0.2, 0.25) is 0 Å². The maximum Gasteiger partial charge on any atom is 0.175 e. The van der Waals surface area contributed by atoms with E-state index in [9.17, 15) is 0 Å². The Labute approximate surface area is 87.0 Å². The highest BCUT2D eigenvalue weighted by Gasteiger charge is 2.10. The number of halogens is 1. The fourth-order valence-corrected chi connectivity index (χ4v) is 1.97. The Morgan fingerprint density at radius 2 is 1.92 bits per heavy atom. The van der Waals surface area contributed by atoms with Gasteiger partial charge in [-0.1, -0.05) is 13.0 Å². The van der Waals surface area contributed by atoms with E-state index in [1.807, 2.05) is 12.1 Å². The minimum atomic E-state index is 0.756. The van der Waals surface area contributed by atoms with E-state index in [2.05, 4.69) is 22.9 Å². The molecule has 0 fully saturated rings. The fourth-order valence-electron chi connectivity index (χ4n) is 1.20. The first kappa shape index (κ1) is 10.4. The molecule has 1 aromatic carbocycles. The standard InChI is InChI=1S/C10H13BrO2/c1-4-7-5-6-8(12-2)10(13-3)9(7)11/h5-6H,4H2,1-3H3. The van der Waals surface area contributed by atoms with Crippen molar-refractivity contribution in [3.8, 4) is 11.5 Å². The van der Waals surface area contributed by atoms with Gasteiger partial charge in [-0.15, -0.1) is 0 Å². The molecule has 0 radical (unpaired) electrons. The maximum atomic E-state index is 5.24. The molecule has 0 heterocycles. The number of rotatable bonds is 3. The Morgan fingerprint density at radius 1 is 1.23 bits per heavy atom. The first-order chi connectivity index (χ1) is 6.24. The van der Waals surface area contributed by atoms with Gasteiger partial charge in [0, 0.05) is 0 Å². The lowest BCUT2D eigenvalue weighted by atomic mass is 10.1. The lowest BCUT2D eigenvalue weighted by molar-refractivity contribution is 0.352. The van der Waals surface area contributed by atoms with Gasteiger partial charge in [-0.2, -0.15) is 0 Å². The lowest BCUT2D eigenvalue weighted by Crippen LogP contribution is -1.94. The van der Waals surface area contributed by atoms with Gasteiger partial charge in [0.05, 0.1) is 18.7 Å². The van der Waals surface area contributed by atoms with Crippen LogP contribution in [-0.4, -0.2) is 14.2 Å². The van der Waals surface area contributed by atoms with Crippen LogP contribution in [0.15, 0.2) is 16.6 Å². The number of ether oxygens (including phenoxy) is 2. The molecule has 0 spiro atoms. The molecule has 0 aromatic heterocycles. The van der Waals surface area contributed by atoms with Crippen molar-refractivity contribution in [1.82, 2.24) is 0 Å². The fraction of sp³-hybridized carbons (Fsp3) is 0.400. The molecule has 72 valence electrons. The molecule has 0 N–H and O–H groups in total. The third kappa shape index (κ3) is 1.97. The van der Waals surface area contributed by atoms with Crippen molar-refractivity contribution in [3.05, 3.63) is 22.2 Å². The SMILES string of the molecule is CCc1ccc(OC)c(OC)c1Br. The second kappa shape index (κ2) is 4.51. The van der Waals surface area contributed by atoms with E-state index < -0.39 is 0 Å². The second-order valence-corrected chi connectivity index (χ2v) is 3.42. The summed E-state index contributed by atoms with van der Waals surface area (Å²) in [4.78, 5) is 0. The average molecular weight is 245 g/mol. The summed E-state index contributed by atoms with van der Waals surface area (Å²) in [5.74, 6) is 1.52. The molecule has 0 atom stereocenters. The van der Waals surface area contributed by atoms with E-state index in [4.69, 9.17) is 9.47 Å². The molecule has 0 saturated heterocycles. The summed E-state index contributed by atoms with van der Waals surface area (Å²) in [6, 6.07) is 3.95. The van der Waals surface area contributed by atoms with Gasteiger partial charge in [0.2, 0.25) is 0 Å². The van der Waals surface area contributed by atoms with Crippen LogP contribution >= 0.6 is 15.9 Å². The van der Waals surface area contributed by atoms with E-state index in [1.165, 1.54) is 5.56 Å². The number of hydrogen-bond donors (Lipinski definition) is 0. The predicted octanol–water partition coefficient (Wildman–Crippen LogP) is 3.03. The van der Waals surface area contributed by atoms with E-state index in [1.54, 1.807) is 14.2 Å². The first-order valence-electron chi connectivity index (χ1n) is 4.14. The highest BCUT2D eigenvalue weighted by Crippen LogP contribution is 2.37. The summed E-state index contributed by atoms with van der Waals surface area (Å²) < 4.78 is 11.4. The van der Waals surface area contributed by atoms with Crippen molar-refractivity contribution in [3.63, 3.8) is 0 Å². The third-order valence-electron chi connectivity index (χ3n) is 1.95. The minimum Gasteiger partial charge on any atom is -0.493 e. The molecule has 13 heavy (non-hydrogen) atoms. The van der Waals surface area contributed by atoms with Crippen molar-refractivity contribution in [2.24, 2.45) is 0 Å². The molecule has 0 bridgehead atoms. The monoisotopic (exact) mass is 244 g/mol. The normalized spacial score (nSPS) is 9.85. The van der Waals surface area contributed by atoms with Crippen molar-refractivity contribution in [2.45, 2.75) is 13.3 Å². The zero-order valence-electron chi connectivity index (χ0n) is 8.06. The molecule has 0 aliphatic heterocycles. The van der Waals surface area contributed by atoms with Crippen LogP contribution in [0.25, 0.3) is 0 Å². The largest absolute Gasteiger partial charge is 0.493 e. The van der Waals surface area contributed by atoms with Crippen molar-refractivity contribution in [2.75, 3.05) is 14.2 Å². The molecule has 0 unspecified atom stereocenters. The summed E-state index contributed by atoms with van der Waals surface area (Å²) in [6.45, 7) is 2.10. The first-order valence-corrected chi connectivity index (χ1v) is 4.93. The van der Waals surface area contributed by atoms with Gasteiger partial charge in [-0.05, 0) is 34.0 Å². The topological polar surface area (TPSA) is 18.5 Å². The van der Waals surface area contributed by atoms with Crippen LogP contribution in [0.4, 0.5) is 0 Å². The molecule has 1 rings (SSSR count). The minimum absolute atomic E-state index is 0.756. The highest BCUT2D eigenvalue weighted by atomic mass is 79.9. The number of hydrogen-bond acceptors (Lipinski definition) is 2. The molecular weight excluding hydrogens is 232 g/mol. The second-order valence-electron chi connectivity index (χ2n) is 2.63. The smallest absolute Gasteiger partial charge is 0.175 e. The number of aryl methyl sites for hydroxylation is 1. The Hall–Kier alpha value is -0.700. The summed E-state index contributed by atoms with van der Waals surface area (Å²) in [5.41, 5.74) is 1.22. The average Bonchev–Trinajstić information content (AvgIpc) is 2.17. The van der Waals surface area contributed by atoms with Crippen LogP contribution in [0, 0.1) is 0 Å². The zero-order valence-corrected chi connectivity index (χ0v) is 9.64. The molecular formula is C10H13BrO2. The predicted molar refractivity (Wildman–Crippen MR) is 56.6 cm³/mol. The Bertz CT molecular complexity index is 297. The van der Waals surface area contributed by atoms with Crippen LogP contribution in [0.1, 0.15) is 12.5 Å². The van der Waals surface area contributed by atoms with Crippen LogP contribution in [-0.2, 0) is 6.42 Å². The Kier molecular flexibility index (Phi) is 3.60. The molecule has 0 amide bonds. The quantitative estimate of drug-likeness (QED) is 0.814. The summed E-state index contributed by atoms with van der Waals surface area (Å²) in [7, 11) is 3.28.